The Kier molecular flexibility index (Phi) is 3.33. The van der Waals surface area contributed by atoms with E-state index in [1.54, 1.807) is 0 Å². The van der Waals surface area contributed by atoms with Crippen molar-refractivity contribution < 1.29 is 0 Å². The van der Waals surface area contributed by atoms with Crippen LogP contribution in [-0.2, 0) is 0 Å². The molecule has 19 heavy (non-hydrogen) atoms. The first-order valence-corrected chi connectivity index (χ1v) is 7.63. The molecule has 0 unspecified atom stereocenters. The van der Waals surface area contributed by atoms with Gasteiger partial charge in [0.2, 0.25) is 0 Å². The summed E-state index contributed by atoms with van der Waals surface area (Å²) in [6, 6.07) is 0.708. The number of anilines is 2. The minimum Gasteiger partial charge on any atom is -0.370 e. The summed E-state index contributed by atoms with van der Waals surface area (Å²) in [6.45, 7) is 8.45. The van der Waals surface area contributed by atoms with Crippen LogP contribution in [0, 0.1) is 6.92 Å². The van der Waals surface area contributed by atoms with Gasteiger partial charge in [0.15, 0.2) is 0 Å². The smallest absolute Gasteiger partial charge is 0.137 e. The predicted octanol–water partition coefficient (Wildman–Crippen LogP) is 3.08. The maximum Gasteiger partial charge on any atom is 0.137 e. The molecule has 2 fully saturated rings. The van der Waals surface area contributed by atoms with Crippen LogP contribution in [0.3, 0.4) is 0 Å². The Bertz CT molecular complexity index is 463. The number of rotatable bonds is 6. The highest BCUT2D eigenvalue weighted by molar-refractivity contribution is 5.60. The fraction of sp³-hybridized carbons (Fsp3) is 0.733. The van der Waals surface area contributed by atoms with Crippen LogP contribution in [0.25, 0.3) is 0 Å². The molecule has 2 aliphatic rings. The van der Waals surface area contributed by atoms with Crippen molar-refractivity contribution in [3.63, 3.8) is 0 Å². The van der Waals surface area contributed by atoms with Crippen molar-refractivity contribution >= 4 is 11.6 Å². The van der Waals surface area contributed by atoms with Crippen molar-refractivity contribution in [3.8, 4) is 0 Å². The first kappa shape index (κ1) is 12.7. The van der Waals surface area contributed by atoms with Crippen LogP contribution < -0.4 is 10.2 Å². The Balaban J connectivity index is 1.99. The molecule has 0 amide bonds. The summed E-state index contributed by atoms with van der Waals surface area (Å²) in [6.07, 6.45) is 5.13. The molecule has 1 aromatic rings. The van der Waals surface area contributed by atoms with E-state index in [0.717, 1.165) is 30.5 Å². The standard InChI is InChI=1S/C15H24N4/c1-4-16-13-10(3)15(19(5-2)12-8-9-12)18-14(17-13)11-6-7-11/h11-12H,4-9H2,1-3H3,(H,16,17,18). The van der Waals surface area contributed by atoms with Crippen molar-refractivity contribution in [2.45, 2.75) is 58.4 Å². The fourth-order valence-corrected chi connectivity index (χ4v) is 2.63. The van der Waals surface area contributed by atoms with Gasteiger partial charge < -0.3 is 10.2 Å². The van der Waals surface area contributed by atoms with Gasteiger partial charge in [-0.2, -0.15) is 0 Å². The van der Waals surface area contributed by atoms with Crippen LogP contribution in [0.2, 0.25) is 0 Å². The van der Waals surface area contributed by atoms with Crippen molar-refractivity contribution in [2.24, 2.45) is 0 Å². The van der Waals surface area contributed by atoms with Gasteiger partial charge in [-0.25, -0.2) is 9.97 Å². The van der Waals surface area contributed by atoms with E-state index in [1.807, 2.05) is 0 Å². The van der Waals surface area contributed by atoms with E-state index in [9.17, 15) is 0 Å². The normalized spacial score (nSPS) is 18.5. The molecule has 3 rings (SSSR count). The molecule has 0 spiro atoms. The lowest BCUT2D eigenvalue weighted by atomic mass is 10.2. The highest BCUT2D eigenvalue weighted by Gasteiger charge is 2.33. The Morgan fingerprint density at radius 2 is 1.89 bits per heavy atom. The van der Waals surface area contributed by atoms with Gasteiger partial charge in [0, 0.05) is 30.6 Å². The van der Waals surface area contributed by atoms with Gasteiger partial charge >= 0.3 is 0 Å². The minimum absolute atomic E-state index is 0.606. The number of hydrogen-bond donors (Lipinski definition) is 1. The van der Waals surface area contributed by atoms with E-state index in [0.29, 0.717) is 12.0 Å². The number of nitrogens with one attached hydrogen (secondary N) is 1. The SMILES string of the molecule is CCNc1nc(C2CC2)nc(N(CC)C2CC2)c1C. The zero-order chi connectivity index (χ0) is 13.4. The van der Waals surface area contributed by atoms with Gasteiger partial charge in [-0.15, -0.1) is 0 Å². The molecule has 1 aromatic heterocycles. The zero-order valence-electron chi connectivity index (χ0n) is 12.2. The molecule has 2 aliphatic carbocycles. The average molecular weight is 260 g/mol. The molecule has 2 saturated carbocycles. The maximum atomic E-state index is 4.88. The quantitative estimate of drug-likeness (QED) is 0.853. The van der Waals surface area contributed by atoms with Crippen molar-refractivity contribution in [2.75, 3.05) is 23.3 Å². The third-order valence-corrected chi connectivity index (χ3v) is 4.02. The van der Waals surface area contributed by atoms with Crippen molar-refractivity contribution in [1.82, 2.24) is 9.97 Å². The highest BCUT2D eigenvalue weighted by atomic mass is 15.2. The van der Waals surface area contributed by atoms with Crippen molar-refractivity contribution in [1.29, 1.82) is 0 Å². The summed E-state index contributed by atoms with van der Waals surface area (Å²) in [4.78, 5) is 12.1. The van der Waals surface area contributed by atoms with Gasteiger partial charge in [0.1, 0.15) is 17.5 Å². The zero-order valence-corrected chi connectivity index (χ0v) is 12.2. The van der Waals surface area contributed by atoms with Crippen LogP contribution in [0.1, 0.15) is 56.8 Å². The van der Waals surface area contributed by atoms with Crippen LogP contribution in [0.15, 0.2) is 0 Å². The van der Waals surface area contributed by atoms with Crippen LogP contribution in [0.4, 0.5) is 11.6 Å². The van der Waals surface area contributed by atoms with E-state index in [1.165, 1.54) is 31.2 Å². The largest absolute Gasteiger partial charge is 0.370 e. The highest BCUT2D eigenvalue weighted by Crippen LogP contribution is 2.41. The van der Waals surface area contributed by atoms with Crippen LogP contribution in [0.5, 0.6) is 0 Å². The molecule has 4 heteroatoms. The van der Waals surface area contributed by atoms with E-state index >= 15 is 0 Å². The monoisotopic (exact) mass is 260 g/mol. The summed E-state index contributed by atoms with van der Waals surface area (Å²) in [7, 11) is 0. The molecule has 0 saturated heterocycles. The van der Waals surface area contributed by atoms with E-state index < -0.39 is 0 Å². The summed E-state index contributed by atoms with van der Waals surface area (Å²) in [5, 5.41) is 3.40. The fourth-order valence-electron chi connectivity index (χ4n) is 2.63. The van der Waals surface area contributed by atoms with E-state index in [2.05, 4.69) is 31.0 Å². The van der Waals surface area contributed by atoms with Gasteiger partial charge in [-0.1, -0.05) is 0 Å². The second-order valence-electron chi connectivity index (χ2n) is 5.70. The molecule has 0 aliphatic heterocycles. The van der Waals surface area contributed by atoms with Gasteiger partial charge in [-0.3, -0.25) is 0 Å². The van der Waals surface area contributed by atoms with Crippen molar-refractivity contribution in [3.05, 3.63) is 11.4 Å². The molecule has 4 nitrogen and oxygen atoms in total. The molecular weight excluding hydrogens is 236 g/mol. The summed E-state index contributed by atoms with van der Waals surface area (Å²) in [5.41, 5.74) is 1.21. The molecule has 0 atom stereocenters. The second kappa shape index (κ2) is 4.99. The molecule has 1 heterocycles. The summed E-state index contributed by atoms with van der Waals surface area (Å²) >= 11 is 0. The van der Waals surface area contributed by atoms with Gasteiger partial charge in [0.25, 0.3) is 0 Å². The predicted molar refractivity (Wildman–Crippen MR) is 78.9 cm³/mol. The topological polar surface area (TPSA) is 41.1 Å². The first-order valence-electron chi connectivity index (χ1n) is 7.63. The second-order valence-corrected chi connectivity index (χ2v) is 5.70. The number of nitrogens with zero attached hydrogens (tertiary/aromatic N) is 3. The van der Waals surface area contributed by atoms with Gasteiger partial charge in [0.05, 0.1) is 0 Å². The van der Waals surface area contributed by atoms with E-state index in [-0.39, 0.29) is 0 Å². The maximum absolute atomic E-state index is 4.88. The average Bonchev–Trinajstić information content (AvgIpc) is 3.28. The molecular formula is C15H24N4. The summed E-state index contributed by atoms with van der Waals surface area (Å²) < 4.78 is 0. The number of aromatic nitrogens is 2. The molecule has 0 aromatic carbocycles. The Morgan fingerprint density at radius 1 is 1.16 bits per heavy atom. The Labute approximate surface area is 115 Å². The number of hydrogen-bond acceptors (Lipinski definition) is 4. The Morgan fingerprint density at radius 3 is 2.42 bits per heavy atom. The lowest BCUT2D eigenvalue weighted by Crippen LogP contribution is -2.28. The molecule has 0 radical (unpaired) electrons. The Hall–Kier alpha value is -1.32. The van der Waals surface area contributed by atoms with Crippen LogP contribution >= 0.6 is 0 Å². The third kappa shape index (κ3) is 2.53. The van der Waals surface area contributed by atoms with E-state index in [4.69, 9.17) is 9.97 Å². The lowest BCUT2D eigenvalue weighted by Gasteiger charge is -2.25. The van der Waals surface area contributed by atoms with Crippen LogP contribution in [-0.4, -0.2) is 29.1 Å². The molecule has 1 N–H and O–H groups in total. The third-order valence-electron chi connectivity index (χ3n) is 4.02. The summed E-state index contributed by atoms with van der Waals surface area (Å²) in [5.74, 6) is 3.86. The molecule has 0 bridgehead atoms. The lowest BCUT2D eigenvalue weighted by molar-refractivity contribution is 0.784. The van der Waals surface area contributed by atoms with Gasteiger partial charge in [-0.05, 0) is 46.5 Å². The minimum atomic E-state index is 0.606. The molecule has 104 valence electrons. The first-order chi connectivity index (χ1) is 9.24.